The number of carbonyl (C=O) groups is 1. The van der Waals surface area contributed by atoms with E-state index in [9.17, 15) is 9.18 Å². The molecular weight excluding hydrogens is 231 g/mol. The summed E-state index contributed by atoms with van der Waals surface area (Å²) in [6.07, 6.45) is 6.08. The number of halogens is 1. The summed E-state index contributed by atoms with van der Waals surface area (Å²) < 4.78 is 19.1. The van der Waals surface area contributed by atoms with Crippen LogP contribution in [0.2, 0.25) is 0 Å². The van der Waals surface area contributed by atoms with Crippen LogP contribution >= 0.6 is 0 Å². The van der Waals surface area contributed by atoms with Crippen molar-refractivity contribution in [2.45, 2.75) is 52.1 Å². The molecule has 0 aliphatic carbocycles. The molecule has 1 unspecified atom stereocenters. The third-order valence-corrected chi connectivity index (χ3v) is 2.91. The first-order valence-electron chi connectivity index (χ1n) is 6.59. The Kier molecular flexibility index (Phi) is 6.40. The minimum absolute atomic E-state index is 0.0718. The molecule has 3 heteroatoms. The van der Waals surface area contributed by atoms with Crippen LogP contribution < -0.4 is 4.74 Å². The molecule has 0 aliphatic heterocycles. The quantitative estimate of drug-likeness (QED) is 0.507. The van der Waals surface area contributed by atoms with E-state index in [1.165, 1.54) is 31.4 Å². The maximum Gasteiger partial charge on any atom is 0.165 e. The molecule has 0 aromatic heterocycles. The van der Waals surface area contributed by atoms with Crippen LogP contribution in [0.15, 0.2) is 18.2 Å². The van der Waals surface area contributed by atoms with E-state index < -0.39 is 5.82 Å². The van der Waals surface area contributed by atoms with E-state index in [-0.39, 0.29) is 17.4 Å². The molecule has 0 bridgehead atoms. The first-order valence-corrected chi connectivity index (χ1v) is 6.59. The van der Waals surface area contributed by atoms with Gasteiger partial charge in [-0.3, -0.25) is 4.79 Å². The van der Waals surface area contributed by atoms with Crippen LogP contribution in [-0.2, 0) is 0 Å². The highest BCUT2D eigenvalue weighted by molar-refractivity contribution is 5.79. The van der Waals surface area contributed by atoms with Crippen LogP contribution in [0.1, 0.15) is 56.3 Å². The number of aldehydes is 1. The smallest absolute Gasteiger partial charge is 0.165 e. The Morgan fingerprint density at radius 3 is 2.78 bits per heavy atom. The maximum atomic E-state index is 13.6. The molecule has 18 heavy (non-hydrogen) atoms. The lowest BCUT2D eigenvalue weighted by Crippen LogP contribution is -2.13. The van der Waals surface area contributed by atoms with Gasteiger partial charge in [0.2, 0.25) is 0 Å². The van der Waals surface area contributed by atoms with Gasteiger partial charge in [0, 0.05) is 0 Å². The van der Waals surface area contributed by atoms with Gasteiger partial charge in [-0.25, -0.2) is 4.39 Å². The first kappa shape index (κ1) is 14.7. The van der Waals surface area contributed by atoms with E-state index in [1.807, 2.05) is 6.92 Å². The average molecular weight is 252 g/mol. The van der Waals surface area contributed by atoms with Gasteiger partial charge in [-0.1, -0.05) is 32.3 Å². The van der Waals surface area contributed by atoms with Crippen molar-refractivity contribution in [1.29, 1.82) is 0 Å². The lowest BCUT2D eigenvalue weighted by Gasteiger charge is -2.16. The van der Waals surface area contributed by atoms with Crippen molar-refractivity contribution in [3.8, 4) is 5.75 Å². The number of ether oxygens (including phenoxy) is 1. The van der Waals surface area contributed by atoms with Gasteiger partial charge in [0.05, 0.1) is 11.7 Å². The Bertz CT molecular complexity index is 377. The van der Waals surface area contributed by atoms with Gasteiger partial charge >= 0.3 is 0 Å². The molecule has 0 heterocycles. The zero-order chi connectivity index (χ0) is 13.4. The van der Waals surface area contributed by atoms with Crippen molar-refractivity contribution in [3.05, 3.63) is 29.6 Å². The van der Waals surface area contributed by atoms with Crippen LogP contribution in [0.5, 0.6) is 5.75 Å². The van der Waals surface area contributed by atoms with Crippen molar-refractivity contribution in [3.63, 3.8) is 0 Å². The third kappa shape index (κ3) is 4.47. The van der Waals surface area contributed by atoms with Crippen molar-refractivity contribution in [2.24, 2.45) is 0 Å². The van der Waals surface area contributed by atoms with E-state index in [1.54, 1.807) is 6.07 Å². The van der Waals surface area contributed by atoms with Crippen LogP contribution in [0.25, 0.3) is 0 Å². The summed E-state index contributed by atoms with van der Waals surface area (Å²) in [4.78, 5) is 10.8. The molecule has 0 amide bonds. The molecule has 0 aliphatic rings. The molecule has 1 atom stereocenters. The molecule has 0 spiro atoms. The number of hydrogen-bond donors (Lipinski definition) is 0. The standard InChI is InChI=1S/C15H21FO2/c1-3-4-5-6-8-12(2)18-15-13(11-17)9-7-10-14(15)16/h7,9-12H,3-6,8H2,1-2H3. The van der Waals surface area contributed by atoms with Gasteiger partial charge in [-0.15, -0.1) is 0 Å². The molecule has 0 saturated heterocycles. The summed E-state index contributed by atoms with van der Waals surface area (Å²) in [7, 11) is 0. The molecule has 2 nitrogen and oxygen atoms in total. The summed E-state index contributed by atoms with van der Waals surface area (Å²) >= 11 is 0. The molecule has 100 valence electrons. The third-order valence-electron chi connectivity index (χ3n) is 2.91. The van der Waals surface area contributed by atoms with E-state index >= 15 is 0 Å². The Balaban J connectivity index is 2.53. The summed E-state index contributed by atoms with van der Waals surface area (Å²) in [6.45, 7) is 4.07. The highest BCUT2D eigenvalue weighted by Crippen LogP contribution is 2.23. The molecular formula is C15H21FO2. The molecule has 1 rings (SSSR count). The molecule has 0 radical (unpaired) electrons. The van der Waals surface area contributed by atoms with Gasteiger partial charge in [-0.05, 0) is 31.9 Å². The van der Waals surface area contributed by atoms with Crippen molar-refractivity contribution in [2.75, 3.05) is 0 Å². The lowest BCUT2D eigenvalue weighted by molar-refractivity contribution is 0.111. The topological polar surface area (TPSA) is 26.3 Å². The van der Waals surface area contributed by atoms with Crippen molar-refractivity contribution in [1.82, 2.24) is 0 Å². The predicted molar refractivity (Wildman–Crippen MR) is 70.6 cm³/mol. The number of benzene rings is 1. The second kappa shape index (κ2) is 7.85. The van der Waals surface area contributed by atoms with Gasteiger partial charge in [0.25, 0.3) is 0 Å². The average Bonchev–Trinajstić information content (AvgIpc) is 2.37. The molecule has 1 aromatic carbocycles. The second-order valence-corrected chi connectivity index (χ2v) is 4.55. The van der Waals surface area contributed by atoms with E-state index in [0.29, 0.717) is 6.29 Å². The van der Waals surface area contributed by atoms with Gasteiger partial charge in [-0.2, -0.15) is 0 Å². The highest BCUT2D eigenvalue weighted by atomic mass is 19.1. The fourth-order valence-corrected chi connectivity index (χ4v) is 1.86. The number of unbranched alkanes of at least 4 members (excludes halogenated alkanes) is 3. The van der Waals surface area contributed by atoms with Crippen LogP contribution in [0.4, 0.5) is 4.39 Å². The monoisotopic (exact) mass is 252 g/mol. The van der Waals surface area contributed by atoms with E-state index in [2.05, 4.69) is 6.92 Å². The number of carbonyl (C=O) groups excluding carboxylic acids is 1. The largest absolute Gasteiger partial charge is 0.487 e. The predicted octanol–water partition coefficient (Wildman–Crippen LogP) is 4.38. The lowest BCUT2D eigenvalue weighted by atomic mass is 10.1. The van der Waals surface area contributed by atoms with Crippen molar-refractivity contribution >= 4 is 6.29 Å². The molecule has 0 fully saturated rings. The Morgan fingerprint density at radius 2 is 2.11 bits per heavy atom. The zero-order valence-electron chi connectivity index (χ0n) is 11.1. The van der Waals surface area contributed by atoms with Gasteiger partial charge in [0.15, 0.2) is 17.9 Å². The Labute approximate surface area is 108 Å². The van der Waals surface area contributed by atoms with Crippen molar-refractivity contribution < 1.29 is 13.9 Å². The van der Waals surface area contributed by atoms with Crippen LogP contribution in [-0.4, -0.2) is 12.4 Å². The summed E-state index contributed by atoms with van der Waals surface area (Å²) in [5.41, 5.74) is 0.274. The maximum absolute atomic E-state index is 13.6. The molecule has 0 saturated carbocycles. The first-order chi connectivity index (χ1) is 8.69. The van der Waals surface area contributed by atoms with Gasteiger partial charge in [0.1, 0.15) is 0 Å². The minimum Gasteiger partial charge on any atom is -0.487 e. The summed E-state index contributed by atoms with van der Waals surface area (Å²) in [5, 5.41) is 0. The molecule has 0 N–H and O–H groups in total. The van der Waals surface area contributed by atoms with Gasteiger partial charge < -0.3 is 4.74 Å². The minimum atomic E-state index is -0.472. The van der Waals surface area contributed by atoms with Crippen LogP contribution in [0, 0.1) is 5.82 Å². The summed E-state index contributed by atoms with van der Waals surface area (Å²) in [6, 6.07) is 4.39. The van der Waals surface area contributed by atoms with E-state index in [4.69, 9.17) is 4.74 Å². The van der Waals surface area contributed by atoms with Crippen LogP contribution in [0.3, 0.4) is 0 Å². The number of para-hydroxylation sites is 1. The molecule has 1 aromatic rings. The highest BCUT2D eigenvalue weighted by Gasteiger charge is 2.12. The number of hydrogen-bond acceptors (Lipinski definition) is 2. The Morgan fingerprint density at radius 1 is 1.33 bits per heavy atom. The zero-order valence-corrected chi connectivity index (χ0v) is 11.1. The SMILES string of the molecule is CCCCCCC(C)Oc1c(F)cccc1C=O. The van der Waals surface area contributed by atoms with E-state index in [0.717, 1.165) is 12.8 Å². The normalized spacial score (nSPS) is 12.2. The second-order valence-electron chi connectivity index (χ2n) is 4.55. The fourth-order valence-electron chi connectivity index (χ4n) is 1.86. The number of rotatable bonds is 8. The summed E-state index contributed by atoms with van der Waals surface area (Å²) in [5.74, 6) is -0.393. The Hall–Kier alpha value is -1.38. The fraction of sp³-hybridized carbons (Fsp3) is 0.533.